The highest BCUT2D eigenvalue weighted by Gasteiger charge is 2.37. The third-order valence-electron chi connectivity index (χ3n) is 3.72. The molecule has 0 unspecified atom stereocenters. The van der Waals surface area contributed by atoms with E-state index in [-0.39, 0.29) is 12.6 Å². The Balaban J connectivity index is 2.17. The van der Waals surface area contributed by atoms with E-state index < -0.39 is 16.1 Å². The van der Waals surface area contributed by atoms with Crippen LogP contribution in [-0.2, 0) is 15.0 Å². The Hall–Kier alpha value is -0.700. The van der Waals surface area contributed by atoms with Crippen molar-refractivity contribution in [3.63, 3.8) is 0 Å². The Bertz CT molecular complexity index is 414. The van der Waals surface area contributed by atoms with Gasteiger partial charge in [-0.05, 0) is 38.8 Å². The van der Waals surface area contributed by atoms with Crippen molar-refractivity contribution >= 4 is 16.1 Å². The van der Waals surface area contributed by atoms with E-state index in [2.05, 4.69) is 5.32 Å². The van der Waals surface area contributed by atoms with Gasteiger partial charge in [0.2, 0.25) is 5.91 Å². The standard InChI is InChI=1S/C11H22N4O3S/c12-11(16)9-15(10-3-5-13-6-4-10)19(17,18)14-7-1-2-8-14/h10,13H,1-9H2,(H2,12,16). The first kappa shape index (κ1) is 14.7. The molecule has 0 saturated carbocycles. The maximum absolute atomic E-state index is 12.6. The second-order valence-corrected chi connectivity index (χ2v) is 6.99. The number of nitrogens with one attached hydrogen (secondary N) is 1. The summed E-state index contributed by atoms with van der Waals surface area (Å²) < 4.78 is 28.0. The lowest BCUT2D eigenvalue weighted by molar-refractivity contribution is -0.118. The molecule has 2 heterocycles. The zero-order valence-corrected chi connectivity index (χ0v) is 11.9. The maximum atomic E-state index is 12.6. The predicted octanol–water partition coefficient (Wildman–Crippen LogP) is -1.13. The van der Waals surface area contributed by atoms with E-state index in [0.717, 1.165) is 38.8 Å². The number of amides is 1. The van der Waals surface area contributed by atoms with Gasteiger partial charge in [0.25, 0.3) is 10.2 Å². The van der Waals surface area contributed by atoms with E-state index >= 15 is 0 Å². The van der Waals surface area contributed by atoms with Crippen molar-refractivity contribution in [2.75, 3.05) is 32.7 Å². The Morgan fingerprint density at radius 2 is 1.84 bits per heavy atom. The minimum absolute atomic E-state index is 0.126. The topological polar surface area (TPSA) is 95.7 Å². The van der Waals surface area contributed by atoms with Gasteiger partial charge in [0.15, 0.2) is 0 Å². The van der Waals surface area contributed by atoms with Crippen molar-refractivity contribution in [2.45, 2.75) is 31.7 Å². The Morgan fingerprint density at radius 3 is 2.37 bits per heavy atom. The third kappa shape index (κ3) is 3.44. The Kier molecular flexibility index (Phi) is 4.77. The van der Waals surface area contributed by atoms with Crippen LogP contribution in [0.4, 0.5) is 0 Å². The second-order valence-electron chi connectivity index (χ2n) is 5.11. The minimum Gasteiger partial charge on any atom is -0.369 e. The highest BCUT2D eigenvalue weighted by atomic mass is 32.2. The van der Waals surface area contributed by atoms with E-state index in [4.69, 9.17) is 5.73 Å². The zero-order chi connectivity index (χ0) is 13.9. The number of carbonyl (C=O) groups excluding carboxylic acids is 1. The summed E-state index contributed by atoms with van der Waals surface area (Å²) in [6, 6.07) is -0.126. The van der Waals surface area contributed by atoms with Gasteiger partial charge in [0, 0.05) is 19.1 Å². The molecule has 0 aliphatic carbocycles. The van der Waals surface area contributed by atoms with E-state index in [0.29, 0.717) is 13.1 Å². The highest BCUT2D eigenvalue weighted by molar-refractivity contribution is 7.86. The number of hydrogen-bond acceptors (Lipinski definition) is 4. The SMILES string of the molecule is NC(=O)CN(C1CCNCC1)S(=O)(=O)N1CCCC1. The number of rotatable bonds is 5. The molecule has 0 aromatic carbocycles. The first-order valence-corrected chi connectivity index (χ1v) is 8.17. The van der Waals surface area contributed by atoms with Crippen LogP contribution in [0.15, 0.2) is 0 Å². The Labute approximate surface area is 114 Å². The molecule has 2 aliphatic heterocycles. The Morgan fingerprint density at radius 1 is 1.26 bits per heavy atom. The van der Waals surface area contributed by atoms with Gasteiger partial charge in [0.05, 0.1) is 6.54 Å². The van der Waals surface area contributed by atoms with Crippen LogP contribution in [0.2, 0.25) is 0 Å². The molecule has 7 nitrogen and oxygen atoms in total. The number of nitrogens with zero attached hydrogens (tertiary/aromatic N) is 2. The zero-order valence-electron chi connectivity index (χ0n) is 11.0. The third-order valence-corrected chi connectivity index (χ3v) is 5.75. The van der Waals surface area contributed by atoms with Crippen LogP contribution in [0, 0.1) is 0 Å². The van der Waals surface area contributed by atoms with Crippen LogP contribution < -0.4 is 11.1 Å². The summed E-state index contributed by atoms with van der Waals surface area (Å²) in [5.74, 6) is -0.596. The molecule has 110 valence electrons. The lowest BCUT2D eigenvalue weighted by atomic mass is 10.1. The van der Waals surface area contributed by atoms with Crippen LogP contribution in [0.5, 0.6) is 0 Å². The van der Waals surface area contributed by atoms with Gasteiger partial charge in [-0.2, -0.15) is 17.0 Å². The average molecular weight is 290 g/mol. The summed E-state index contributed by atoms with van der Waals surface area (Å²) in [7, 11) is -3.56. The van der Waals surface area contributed by atoms with E-state index in [1.54, 1.807) is 0 Å². The monoisotopic (exact) mass is 290 g/mol. The normalized spacial score (nSPS) is 23.0. The summed E-state index contributed by atoms with van der Waals surface area (Å²) >= 11 is 0. The van der Waals surface area contributed by atoms with Gasteiger partial charge in [-0.15, -0.1) is 0 Å². The highest BCUT2D eigenvalue weighted by Crippen LogP contribution is 2.22. The molecule has 0 aromatic rings. The minimum atomic E-state index is -3.56. The van der Waals surface area contributed by atoms with Crippen molar-refractivity contribution < 1.29 is 13.2 Å². The number of nitrogens with two attached hydrogens (primary N) is 1. The number of carbonyl (C=O) groups is 1. The summed E-state index contributed by atoms with van der Waals surface area (Å²) in [6.45, 7) is 2.42. The molecule has 0 radical (unpaired) electrons. The smallest absolute Gasteiger partial charge is 0.282 e. The van der Waals surface area contributed by atoms with E-state index in [1.807, 2.05) is 0 Å². The van der Waals surface area contributed by atoms with Crippen molar-refractivity contribution in [3.8, 4) is 0 Å². The van der Waals surface area contributed by atoms with Crippen LogP contribution in [0.25, 0.3) is 0 Å². The van der Waals surface area contributed by atoms with E-state index in [9.17, 15) is 13.2 Å². The molecule has 8 heteroatoms. The van der Waals surface area contributed by atoms with Crippen molar-refractivity contribution in [2.24, 2.45) is 5.73 Å². The van der Waals surface area contributed by atoms with Gasteiger partial charge in [-0.1, -0.05) is 0 Å². The van der Waals surface area contributed by atoms with Gasteiger partial charge in [-0.3, -0.25) is 4.79 Å². The molecule has 3 N–H and O–H groups in total. The first-order chi connectivity index (χ1) is 9.01. The van der Waals surface area contributed by atoms with Crippen LogP contribution >= 0.6 is 0 Å². The maximum Gasteiger partial charge on any atom is 0.282 e. The van der Waals surface area contributed by atoms with Crippen LogP contribution in [0.3, 0.4) is 0 Å². The second kappa shape index (κ2) is 6.17. The summed E-state index contributed by atoms with van der Waals surface area (Å²) in [4.78, 5) is 11.2. The molecular weight excluding hydrogens is 268 g/mol. The fourth-order valence-corrected chi connectivity index (χ4v) is 4.61. The fraction of sp³-hybridized carbons (Fsp3) is 0.909. The average Bonchev–Trinajstić information content (AvgIpc) is 2.91. The van der Waals surface area contributed by atoms with Gasteiger partial charge in [0.1, 0.15) is 0 Å². The quantitative estimate of drug-likeness (QED) is 0.669. The largest absolute Gasteiger partial charge is 0.369 e. The number of hydrogen-bond donors (Lipinski definition) is 2. The molecule has 0 bridgehead atoms. The van der Waals surface area contributed by atoms with Crippen LogP contribution in [-0.4, -0.2) is 61.7 Å². The molecule has 2 fully saturated rings. The number of piperidine rings is 1. The lowest BCUT2D eigenvalue weighted by Crippen LogP contribution is -2.53. The van der Waals surface area contributed by atoms with Gasteiger partial charge < -0.3 is 11.1 Å². The van der Waals surface area contributed by atoms with Crippen molar-refractivity contribution in [3.05, 3.63) is 0 Å². The van der Waals surface area contributed by atoms with E-state index in [1.165, 1.54) is 8.61 Å². The van der Waals surface area contributed by atoms with Crippen LogP contribution in [0.1, 0.15) is 25.7 Å². The van der Waals surface area contributed by atoms with Gasteiger partial charge in [-0.25, -0.2) is 0 Å². The van der Waals surface area contributed by atoms with Gasteiger partial charge >= 0.3 is 0 Å². The summed E-state index contributed by atoms with van der Waals surface area (Å²) in [5, 5.41) is 3.19. The predicted molar refractivity (Wildman–Crippen MR) is 71.5 cm³/mol. The molecule has 0 atom stereocenters. The van der Waals surface area contributed by atoms with Crippen molar-refractivity contribution in [1.29, 1.82) is 0 Å². The molecule has 19 heavy (non-hydrogen) atoms. The molecule has 0 spiro atoms. The lowest BCUT2D eigenvalue weighted by Gasteiger charge is -2.35. The summed E-state index contributed by atoms with van der Waals surface area (Å²) in [5.41, 5.74) is 5.22. The molecule has 2 saturated heterocycles. The molecule has 1 amide bonds. The summed E-state index contributed by atoms with van der Waals surface area (Å²) in [6.07, 6.45) is 3.21. The fourth-order valence-electron chi connectivity index (χ4n) is 2.71. The number of primary amides is 1. The molecule has 2 aliphatic rings. The molecule has 0 aromatic heterocycles. The molecular formula is C11H22N4O3S. The van der Waals surface area contributed by atoms with Crippen molar-refractivity contribution in [1.82, 2.24) is 13.9 Å². The first-order valence-electron chi connectivity index (χ1n) is 6.78. The molecule has 2 rings (SSSR count).